The smallest absolute Gasteiger partial charge is 0.228 e. The van der Waals surface area contributed by atoms with E-state index in [-0.39, 0.29) is 5.91 Å². The maximum Gasteiger partial charge on any atom is 0.228 e. The molecule has 0 bridgehead atoms. The molecule has 0 fully saturated rings. The van der Waals surface area contributed by atoms with Gasteiger partial charge in [-0.15, -0.1) is 0 Å². The number of aromatic nitrogens is 2. The summed E-state index contributed by atoms with van der Waals surface area (Å²) in [5, 5.41) is 1.46. The van der Waals surface area contributed by atoms with Crippen molar-refractivity contribution in [2.45, 2.75) is 6.42 Å². The molecule has 2 aromatic heterocycles. The fraction of sp³-hybridized carbons (Fsp3) is 0.308. The summed E-state index contributed by atoms with van der Waals surface area (Å²) in [6, 6.07) is 1.39. The first kappa shape index (κ1) is 16.0. The molecule has 2 aromatic rings. The number of carbonyl (C=O) groups is 1. The van der Waals surface area contributed by atoms with Crippen LogP contribution in [0.5, 0.6) is 0 Å². The number of nitrogens with zero attached hydrogens (tertiary/aromatic N) is 3. The molecule has 110 valence electrons. The summed E-state index contributed by atoms with van der Waals surface area (Å²) in [5.74, 6) is 0.452. The van der Waals surface area contributed by atoms with Gasteiger partial charge in [0.25, 0.3) is 0 Å². The lowest BCUT2D eigenvalue weighted by atomic mass is 10.1. The first-order valence-corrected chi connectivity index (χ1v) is 8.57. The van der Waals surface area contributed by atoms with E-state index in [9.17, 15) is 9.18 Å². The van der Waals surface area contributed by atoms with E-state index in [0.29, 0.717) is 17.0 Å². The molecule has 2 heterocycles. The Kier molecular flexibility index (Phi) is 5.36. The fourth-order valence-electron chi connectivity index (χ4n) is 1.82. The Morgan fingerprint density at radius 1 is 1.52 bits per heavy atom. The van der Waals surface area contributed by atoms with Crippen LogP contribution in [0.1, 0.15) is 6.42 Å². The van der Waals surface area contributed by atoms with Crippen LogP contribution >= 0.6 is 23.1 Å². The SMILES string of the molecule is Bc1nc(-c2cncc(F)c2)sc1N(C)C(=O)CCSC. The number of thioether (sulfide) groups is 1. The Hall–Kier alpha value is -1.41. The predicted octanol–water partition coefficient (Wildman–Crippen LogP) is 1.32. The third-order valence-corrected chi connectivity index (χ3v) is 4.82. The lowest BCUT2D eigenvalue weighted by Crippen LogP contribution is -2.29. The van der Waals surface area contributed by atoms with Crippen LogP contribution in [0.25, 0.3) is 10.6 Å². The minimum Gasteiger partial charge on any atom is -0.306 e. The Morgan fingerprint density at radius 3 is 2.95 bits per heavy atom. The van der Waals surface area contributed by atoms with Crippen LogP contribution < -0.4 is 10.5 Å². The second-order valence-electron chi connectivity index (χ2n) is 4.50. The first-order valence-electron chi connectivity index (χ1n) is 6.36. The second-order valence-corrected chi connectivity index (χ2v) is 6.46. The molecule has 0 aliphatic heterocycles. The quantitative estimate of drug-likeness (QED) is 0.779. The van der Waals surface area contributed by atoms with Crippen molar-refractivity contribution < 1.29 is 9.18 Å². The molecule has 0 spiro atoms. The summed E-state index contributed by atoms with van der Waals surface area (Å²) in [4.78, 5) is 21.9. The third kappa shape index (κ3) is 3.82. The summed E-state index contributed by atoms with van der Waals surface area (Å²) in [7, 11) is 3.59. The number of amides is 1. The van der Waals surface area contributed by atoms with Gasteiger partial charge in [0.15, 0.2) is 7.85 Å². The topological polar surface area (TPSA) is 46.1 Å². The van der Waals surface area contributed by atoms with E-state index in [2.05, 4.69) is 9.97 Å². The van der Waals surface area contributed by atoms with Gasteiger partial charge < -0.3 is 4.90 Å². The summed E-state index contributed by atoms with van der Waals surface area (Å²) >= 11 is 3.01. The van der Waals surface area contributed by atoms with Gasteiger partial charge in [0.2, 0.25) is 5.91 Å². The number of rotatable bonds is 5. The van der Waals surface area contributed by atoms with Crippen molar-refractivity contribution in [3.63, 3.8) is 0 Å². The highest BCUT2D eigenvalue weighted by Crippen LogP contribution is 2.28. The summed E-state index contributed by atoms with van der Waals surface area (Å²) in [6.07, 6.45) is 5.19. The summed E-state index contributed by atoms with van der Waals surface area (Å²) in [5.41, 5.74) is 1.39. The molecule has 2 rings (SSSR count). The van der Waals surface area contributed by atoms with Gasteiger partial charge in [0, 0.05) is 36.6 Å². The fourth-order valence-corrected chi connectivity index (χ4v) is 3.23. The molecule has 0 aliphatic rings. The molecule has 0 aliphatic carbocycles. The van der Waals surface area contributed by atoms with Crippen molar-refractivity contribution in [3.8, 4) is 10.6 Å². The van der Waals surface area contributed by atoms with Crippen LogP contribution in [0.3, 0.4) is 0 Å². The average molecular weight is 323 g/mol. The number of pyridine rings is 1. The van der Waals surface area contributed by atoms with Crippen molar-refractivity contribution in [3.05, 3.63) is 24.3 Å². The van der Waals surface area contributed by atoms with E-state index in [4.69, 9.17) is 0 Å². The van der Waals surface area contributed by atoms with Crippen molar-refractivity contribution in [2.24, 2.45) is 0 Å². The minimum atomic E-state index is -0.397. The maximum absolute atomic E-state index is 13.2. The molecule has 1 amide bonds. The number of hydrogen-bond acceptors (Lipinski definition) is 5. The van der Waals surface area contributed by atoms with Crippen LogP contribution in [-0.2, 0) is 4.79 Å². The van der Waals surface area contributed by atoms with Gasteiger partial charge in [-0.2, -0.15) is 11.8 Å². The van der Waals surface area contributed by atoms with Crippen LogP contribution in [0.2, 0.25) is 0 Å². The molecular weight excluding hydrogens is 308 g/mol. The lowest BCUT2D eigenvalue weighted by Gasteiger charge is -2.15. The summed E-state index contributed by atoms with van der Waals surface area (Å²) in [6.45, 7) is 0. The third-order valence-electron chi connectivity index (χ3n) is 2.92. The monoisotopic (exact) mass is 323 g/mol. The molecular formula is C13H15BFN3OS2. The average Bonchev–Trinajstić information content (AvgIpc) is 2.86. The molecule has 0 atom stereocenters. The summed E-state index contributed by atoms with van der Waals surface area (Å²) < 4.78 is 13.2. The van der Waals surface area contributed by atoms with Crippen molar-refractivity contribution in [1.82, 2.24) is 9.97 Å². The van der Waals surface area contributed by atoms with Crippen LogP contribution in [0, 0.1) is 5.82 Å². The van der Waals surface area contributed by atoms with Gasteiger partial charge >= 0.3 is 0 Å². The molecule has 0 saturated carbocycles. The van der Waals surface area contributed by atoms with Crippen molar-refractivity contribution in [1.29, 1.82) is 0 Å². The number of hydrogen-bond donors (Lipinski definition) is 0. The number of anilines is 1. The van der Waals surface area contributed by atoms with Crippen LogP contribution in [0.4, 0.5) is 9.39 Å². The number of carbonyl (C=O) groups excluding carboxylic acids is 1. The zero-order valence-corrected chi connectivity index (χ0v) is 13.7. The standard InChI is InChI=1S/C13H15BFN3OS2/c1-18(10(19)3-4-20-2)13-11(14)17-12(21-13)8-5-9(15)7-16-6-8/h5-7H,3-4,14H2,1-2H3. The van der Waals surface area contributed by atoms with E-state index in [1.807, 2.05) is 14.1 Å². The largest absolute Gasteiger partial charge is 0.306 e. The minimum absolute atomic E-state index is 0.0556. The Bertz CT molecular complexity index is 650. The van der Waals surface area contributed by atoms with E-state index in [1.165, 1.54) is 17.4 Å². The number of halogens is 1. The first-order chi connectivity index (χ1) is 10.0. The van der Waals surface area contributed by atoms with Gasteiger partial charge in [-0.05, 0) is 12.3 Å². The molecule has 21 heavy (non-hydrogen) atoms. The molecule has 0 unspecified atom stereocenters. The molecule has 0 radical (unpaired) electrons. The van der Waals surface area contributed by atoms with Gasteiger partial charge in [-0.1, -0.05) is 11.3 Å². The van der Waals surface area contributed by atoms with E-state index in [1.54, 1.807) is 29.9 Å². The molecule has 0 N–H and O–H groups in total. The maximum atomic E-state index is 13.2. The van der Waals surface area contributed by atoms with E-state index >= 15 is 0 Å². The highest BCUT2D eigenvalue weighted by Gasteiger charge is 2.17. The second kappa shape index (κ2) is 7.04. The zero-order chi connectivity index (χ0) is 15.4. The number of thiazole rings is 1. The van der Waals surface area contributed by atoms with E-state index < -0.39 is 5.82 Å². The van der Waals surface area contributed by atoms with Gasteiger partial charge in [-0.3, -0.25) is 9.78 Å². The molecule has 0 saturated heterocycles. The highest BCUT2D eigenvalue weighted by molar-refractivity contribution is 7.98. The van der Waals surface area contributed by atoms with Crippen LogP contribution in [-0.4, -0.2) is 42.8 Å². The Balaban J connectivity index is 2.25. The van der Waals surface area contributed by atoms with Gasteiger partial charge in [0.1, 0.15) is 15.8 Å². The lowest BCUT2D eigenvalue weighted by molar-refractivity contribution is -0.117. The normalized spacial score (nSPS) is 10.6. The van der Waals surface area contributed by atoms with Crippen molar-refractivity contribution >= 4 is 47.4 Å². The highest BCUT2D eigenvalue weighted by atomic mass is 32.2. The Morgan fingerprint density at radius 2 is 2.29 bits per heavy atom. The zero-order valence-electron chi connectivity index (χ0n) is 12.1. The van der Waals surface area contributed by atoms with Crippen molar-refractivity contribution in [2.75, 3.05) is 24.0 Å². The van der Waals surface area contributed by atoms with Gasteiger partial charge in [-0.25, -0.2) is 9.37 Å². The van der Waals surface area contributed by atoms with E-state index in [0.717, 1.165) is 22.5 Å². The Labute approximate surface area is 132 Å². The molecule has 8 heteroatoms. The molecule has 0 aromatic carbocycles. The predicted molar refractivity (Wildman–Crippen MR) is 89.9 cm³/mol. The van der Waals surface area contributed by atoms with Gasteiger partial charge in [0.05, 0.1) is 6.20 Å². The van der Waals surface area contributed by atoms with Crippen LogP contribution in [0.15, 0.2) is 18.5 Å². The molecule has 4 nitrogen and oxygen atoms in total.